The summed E-state index contributed by atoms with van der Waals surface area (Å²) in [5.74, 6) is 0. The van der Waals surface area contributed by atoms with E-state index in [2.05, 4.69) is 30.8 Å². The monoisotopic (exact) mass is 482 g/mol. The minimum absolute atomic E-state index is 0.0450. The highest BCUT2D eigenvalue weighted by molar-refractivity contribution is 7.89. The molecule has 0 spiro atoms. The summed E-state index contributed by atoms with van der Waals surface area (Å²) in [4.78, 5) is 15.4. The Morgan fingerprint density at radius 2 is 1.47 bits per heavy atom. The third-order valence-electron chi connectivity index (χ3n) is 6.64. The number of benzene rings is 2. The third kappa shape index (κ3) is 4.54. The van der Waals surface area contributed by atoms with Crippen LogP contribution in [-0.2, 0) is 22.1 Å². The van der Waals surface area contributed by atoms with Gasteiger partial charge in [-0.25, -0.2) is 13.1 Å². The second-order valence-electron chi connectivity index (χ2n) is 10.3. The van der Waals surface area contributed by atoms with E-state index in [4.69, 9.17) is 0 Å². The van der Waals surface area contributed by atoms with Gasteiger partial charge in [-0.15, -0.1) is 0 Å². The van der Waals surface area contributed by atoms with Gasteiger partial charge in [0.05, 0.1) is 22.6 Å². The van der Waals surface area contributed by atoms with Gasteiger partial charge in [-0.3, -0.25) is 9.69 Å². The molecule has 0 bridgehead atoms. The summed E-state index contributed by atoms with van der Waals surface area (Å²) >= 11 is 0. The Kier molecular flexibility index (Phi) is 6.44. The highest BCUT2D eigenvalue weighted by Gasteiger charge is 2.32. The summed E-state index contributed by atoms with van der Waals surface area (Å²) in [6, 6.07) is 11.5. The van der Waals surface area contributed by atoms with E-state index in [0.717, 1.165) is 27.8 Å². The van der Waals surface area contributed by atoms with Gasteiger partial charge in [-0.05, 0) is 48.9 Å². The van der Waals surface area contributed by atoms with E-state index in [9.17, 15) is 13.2 Å². The van der Waals surface area contributed by atoms with Crippen molar-refractivity contribution in [2.75, 3.05) is 26.2 Å². The molecule has 1 aliphatic rings. The van der Waals surface area contributed by atoms with Crippen molar-refractivity contribution in [3.63, 3.8) is 0 Å². The highest BCUT2D eigenvalue weighted by Crippen LogP contribution is 2.31. The lowest BCUT2D eigenvalue weighted by Gasteiger charge is -2.34. The number of fused-ring (bicyclic) bond motifs is 1. The van der Waals surface area contributed by atoms with E-state index in [1.807, 2.05) is 57.2 Å². The number of hydrogen-bond donors (Lipinski definition) is 0. The molecule has 182 valence electrons. The Bertz CT molecular complexity index is 1370. The molecular formula is C26H34N4O3S. The van der Waals surface area contributed by atoms with E-state index in [1.165, 1.54) is 4.68 Å². The van der Waals surface area contributed by atoms with Crippen LogP contribution in [0.5, 0.6) is 0 Å². The molecule has 2 heterocycles. The lowest BCUT2D eigenvalue weighted by atomic mass is 9.85. The van der Waals surface area contributed by atoms with Gasteiger partial charge >= 0.3 is 0 Å². The molecule has 0 atom stereocenters. The number of rotatable bonds is 4. The summed E-state index contributed by atoms with van der Waals surface area (Å²) in [5, 5.41) is 6.01. The highest BCUT2D eigenvalue weighted by atomic mass is 32.2. The van der Waals surface area contributed by atoms with Gasteiger partial charge in [0, 0.05) is 31.6 Å². The Morgan fingerprint density at radius 1 is 0.912 bits per heavy atom. The smallest absolute Gasteiger partial charge is 0.275 e. The molecule has 7 nitrogen and oxygen atoms in total. The summed E-state index contributed by atoms with van der Waals surface area (Å²) in [7, 11) is -3.60. The number of sulfonamides is 1. The van der Waals surface area contributed by atoms with Crippen LogP contribution in [0.4, 0.5) is 0 Å². The van der Waals surface area contributed by atoms with E-state index >= 15 is 0 Å². The average molecular weight is 483 g/mol. The number of piperazine rings is 1. The molecule has 8 heteroatoms. The van der Waals surface area contributed by atoms with Crippen LogP contribution >= 0.6 is 0 Å². The fraction of sp³-hybridized carbons (Fsp3) is 0.462. The third-order valence-corrected chi connectivity index (χ3v) is 8.85. The van der Waals surface area contributed by atoms with Crippen molar-refractivity contribution in [3.8, 4) is 0 Å². The van der Waals surface area contributed by atoms with Crippen LogP contribution in [0.15, 0.2) is 46.1 Å². The minimum Gasteiger partial charge on any atom is -0.282 e. The molecule has 1 fully saturated rings. The van der Waals surface area contributed by atoms with Gasteiger partial charge in [0.15, 0.2) is 0 Å². The zero-order chi connectivity index (χ0) is 24.8. The van der Waals surface area contributed by atoms with Crippen LogP contribution in [0, 0.1) is 20.8 Å². The lowest BCUT2D eigenvalue weighted by molar-refractivity contribution is 0.143. The van der Waals surface area contributed by atoms with E-state index < -0.39 is 10.0 Å². The quantitative estimate of drug-likeness (QED) is 0.568. The molecule has 34 heavy (non-hydrogen) atoms. The molecule has 1 saturated heterocycles. The summed E-state index contributed by atoms with van der Waals surface area (Å²) in [5.41, 5.74) is 3.35. The maximum absolute atomic E-state index is 13.5. The van der Waals surface area contributed by atoms with Crippen LogP contribution in [0.3, 0.4) is 0 Å². The maximum Gasteiger partial charge on any atom is 0.275 e. The van der Waals surface area contributed by atoms with Crippen molar-refractivity contribution in [2.24, 2.45) is 0 Å². The zero-order valence-electron chi connectivity index (χ0n) is 20.9. The maximum atomic E-state index is 13.5. The van der Waals surface area contributed by atoms with Crippen molar-refractivity contribution < 1.29 is 8.42 Å². The molecule has 4 rings (SSSR count). The van der Waals surface area contributed by atoms with Crippen LogP contribution in [0.1, 0.15) is 43.2 Å². The van der Waals surface area contributed by atoms with Crippen LogP contribution < -0.4 is 5.56 Å². The Morgan fingerprint density at radius 3 is 2.03 bits per heavy atom. The predicted molar refractivity (Wildman–Crippen MR) is 136 cm³/mol. The predicted octanol–water partition coefficient (Wildman–Crippen LogP) is 3.58. The Labute approximate surface area is 202 Å². The van der Waals surface area contributed by atoms with Crippen LogP contribution in [-0.4, -0.2) is 53.6 Å². The van der Waals surface area contributed by atoms with Gasteiger partial charge < -0.3 is 0 Å². The first-order valence-electron chi connectivity index (χ1n) is 11.7. The fourth-order valence-electron chi connectivity index (χ4n) is 4.72. The molecular weight excluding hydrogens is 448 g/mol. The van der Waals surface area contributed by atoms with Crippen LogP contribution in [0.25, 0.3) is 10.8 Å². The first-order chi connectivity index (χ1) is 15.9. The van der Waals surface area contributed by atoms with E-state index in [0.29, 0.717) is 43.1 Å². The molecule has 3 aromatic rings. The van der Waals surface area contributed by atoms with Gasteiger partial charge in [0.1, 0.15) is 0 Å². The van der Waals surface area contributed by atoms with E-state index in [1.54, 1.807) is 4.31 Å². The Balaban J connectivity index is 1.52. The van der Waals surface area contributed by atoms with Crippen molar-refractivity contribution >= 4 is 20.8 Å². The van der Waals surface area contributed by atoms with Gasteiger partial charge in [0.25, 0.3) is 5.56 Å². The molecule has 0 N–H and O–H groups in total. The summed E-state index contributed by atoms with van der Waals surface area (Å²) < 4.78 is 30.1. The van der Waals surface area contributed by atoms with Crippen molar-refractivity contribution in [1.29, 1.82) is 0 Å². The minimum atomic E-state index is -3.60. The summed E-state index contributed by atoms with van der Waals surface area (Å²) in [6.45, 7) is 14.2. The number of hydrogen-bond acceptors (Lipinski definition) is 5. The van der Waals surface area contributed by atoms with Crippen molar-refractivity contribution in [3.05, 3.63) is 69.1 Å². The topological polar surface area (TPSA) is 75.5 Å². The largest absolute Gasteiger partial charge is 0.282 e. The van der Waals surface area contributed by atoms with Gasteiger partial charge in [0.2, 0.25) is 10.0 Å². The molecule has 0 aliphatic carbocycles. The molecule has 2 aromatic carbocycles. The SMILES string of the molecule is Cc1cc(C(C)(C)C)cc(C)c1S(=O)(=O)N1CCN(Cn2nc(C)c3ccccc3c2=O)CC1. The van der Waals surface area contributed by atoms with Crippen LogP contribution in [0.2, 0.25) is 0 Å². The van der Waals surface area contributed by atoms with Crippen molar-refractivity contribution in [2.45, 2.75) is 58.5 Å². The molecule has 1 aromatic heterocycles. The Hall–Kier alpha value is -2.55. The number of aromatic nitrogens is 2. The first kappa shape index (κ1) is 24.6. The standard InChI is InChI=1S/C26H34N4O3S/c1-18-15-21(26(4,5)6)16-19(2)24(18)34(32,33)29-13-11-28(12-14-29)17-30-25(31)23-10-8-7-9-22(23)20(3)27-30/h7-10,15-16H,11-14,17H2,1-6H3. The second kappa shape index (κ2) is 8.91. The molecule has 0 amide bonds. The second-order valence-corrected chi connectivity index (χ2v) is 12.2. The summed E-state index contributed by atoms with van der Waals surface area (Å²) in [6.07, 6.45) is 0. The lowest BCUT2D eigenvalue weighted by Crippen LogP contribution is -2.50. The molecule has 0 saturated carbocycles. The zero-order valence-corrected chi connectivity index (χ0v) is 21.7. The number of nitrogens with zero attached hydrogens (tertiary/aromatic N) is 4. The van der Waals surface area contributed by atoms with Gasteiger partial charge in [-0.1, -0.05) is 51.1 Å². The number of aryl methyl sites for hydroxylation is 3. The first-order valence-corrected chi connectivity index (χ1v) is 13.1. The average Bonchev–Trinajstić information content (AvgIpc) is 2.76. The molecule has 0 unspecified atom stereocenters. The van der Waals surface area contributed by atoms with Gasteiger partial charge in [-0.2, -0.15) is 9.40 Å². The fourth-order valence-corrected chi connectivity index (χ4v) is 6.55. The van der Waals surface area contributed by atoms with E-state index in [-0.39, 0.29) is 11.0 Å². The normalized spacial score (nSPS) is 16.3. The molecule has 1 aliphatic heterocycles. The van der Waals surface area contributed by atoms with Crippen molar-refractivity contribution in [1.82, 2.24) is 19.0 Å². The molecule has 0 radical (unpaired) electrons.